The van der Waals surface area contributed by atoms with E-state index in [1.54, 1.807) is 0 Å². The van der Waals surface area contributed by atoms with Gasteiger partial charge in [0.15, 0.2) is 0 Å². The van der Waals surface area contributed by atoms with Gasteiger partial charge < -0.3 is 10.5 Å². The summed E-state index contributed by atoms with van der Waals surface area (Å²) in [4.78, 5) is 0. The minimum Gasteiger partial charge on any atom is -0.445 e. The molecule has 0 radical (unpaired) electrons. The summed E-state index contributed by atoms with van der Waals surface area (Å²) in [5, 5.41) is 9.32. The van der Waals surface area contributed by atoms with E-state index in [1.165, 1.54) is 18.4 Å². The van der Waals surface area contributed by atoms with Crippen LogP contribution in [0.1, 0.15) is 44.9 Å². The number of allylic oxidation sites excluding steroid dienone is 3. The molecule has 3 nitrogen and oxygen atoms in total. The van der Waals surface area contributed by atoms with Crippen LogP contribution in [0.15, 0.2) is 22.8 Å². The van der Waals surface area contributed by atoms with Crippen LogP contribution in [0.3, 0.4) is 0 Å². The number of hydrogen-bond acceptors (Lipinski definition) is 3. The highest BCUT2D eigenvalue weighted by Gasteiger charge is 2.48. The van der Waals surface area contributed by atoms with Crippen molar-refractivity contribution in [3.63, 3.8) is 0 Å². The number of fused-ring (bicyclic) bond motifs is 1. The van der Waals surface area contributed by atoms with Gasteiger partial charge in [0.1, 0.15) is 11.8 Å². The summed E-state index contributed by atoms with van der Waals surface area (Å²) in [7, 11) is 0. The fourth-order valence-electron chi connectivity index (χ4n) is 3.60. The topological polar surface area (TPSA) is 59.0 Å². The van der Waals surface area contributed by atoms with Gasteiger partial charge in [0.05, 0.1) is 5.57 Å². The number of nitrogens with two attached hydrogens (primary N) is 1. The first-order chi connectivity index (χ1) is 7.78. The van der Waals surface area contributed by atoms with Gasteiger partial charge in [-0.25, -0.2) is 0 Å². The van der Waals surface area contributed by atoms with Gasteiger partial charge in [-0.2, -0.15) is 5.26 Å². The second-order valence-corrected chi connectivity index (χ2v) is 5.00. The lowest BCUT2D eigenvalue weighted by molar-refractivity contribution is 0.243. The Bertz CT molecular complexity index is 433. The Morgan fingerprint density at radius 1 is 1.19 bits per heavy atom. The van der Waals surface area contributed by atoms with E-state index in [2.05, 4.69) is 6.07 Å². The lowest BCUT2D eigenvalue weighted by Gasteiger charge is -2.35. The standard InChI is InChI=1S/C13H16N2O/c14-8-10-12(15)16-11-5-3-4-9(11)13(10)6-1-2-7-13/h1-7,15H2. The molecule has 0 amide bonds. The molecule has 2 aliphatic carbocycles. The lowest BCUT2D eigenvalue weighted by Crippen LogP contribution is -2.29. The summed E-state index contributed by atoms with van der Waals surface area (Å²) < 4.78 is 5.61. The smallest absolute Gasteiger partial charge is 0.205 e. The molecule has 0 saturated heterocycles. The molecule has 3 aliphatic rings. The van der Waals surface area contributed by atoms with Crippen molar-refractivity contribution in [3.8, 4) is 6.07 Å². The van der Waals surface area contributed by atoms with E-state index in [0.717, 1.165) is 37.9 Å². The van der Waals surface area contributed by atoms with E-state index in [0.29, 0.717) is 11.5 Å². The molecule has 3 rings (SSSR count). The summed E-state index contributed by atoms with van der Waals surface area (Å²) >= 11 is 0. The number of nitrogens with zero attached hydrogens (tertiary/aromatic N) is 1. The molecular formula is C13H16N2O. The van der Waals surface area contributed by atoms with E-state index in [-0.39, 0.29) is 5.41 Å². The van der Waals surface area contributed by atoms with Gasteiger partial charge in [0.25, 0.3) is 0 Å². The Morgan fingerprint density at radius 3 is 2.62 bits per heavy atom. The molecular weight excluding hydrogens is 200 g/mol. The van der Waals surface area contributed by atoms with Crippen LogP contribution in [0, 0.1) is 16.7 Å². The summed E-state index contributed by atoms with van der Waals surface area (Å²) in [5.74, 6) is 1.43. The van der Waals surface area contributed by atoms with Crippen molar-refractivity contribution >= 4 is 0 Å². The number of hydrogen-bond donors (Lipinski definition) is 1. The zero-order valence-corrected chi connectivity index (χ0v) is 9.38. The van der Waals surface area contributed by atoms with Crippen molar-refractivity contribution in [2.75, 3.05) is 0 Å². The normalized spacial score (nSPS) is 26.9. The molecule has 0 bridgehead atoms. The summed E-state index contributed by atoms with van der Waals surface area (Å²) in [6.07, 6.45) is 7.81. The fourth-order valence-corrected chi connectivity index (χ4v) is 3.60. The van der Waals surface area contributed by atoms with Crippen molar-refractivity contribution in [1.29, 1.82) is 5.26 Å². The molecule has 0 aromatic heterocycles. The Balaban J connectivity index is 2.14. The average Bonchev–Trinajstić information content (AvgIpc) is 2.87. The first-order valence-electron chi connectivity index (χ1n) is 6.08. The monoisotopic (exact) mass is 216 g/mol. The largest absolute Gasteiger partial charge is 0.445 e. The molecule has 1 aliphatic heterocycles. The first-order valence-corrected chi connectivity index (χ1v) is 6.08. The van der Waals surface area contributed by atoms with E-state index < -0.39 is 0 Å². The third-order valence-corrected chi connectivity index (χ3v) is 4.27. The SMILES string of the molecule is N#CC1=C(N)OC2=C(CCC2)C12CCCC2. The van der Waals surface area contributed by atoms with Gasteiger partial charge in [-0.15, -0.1) is 0 Å². The number of rotatable bonds is 0. The van der Waals surface area contributed by atoms with E-state index >= 15 is 0 Å². The van der Waals surface area contributed by atoms with Crippen LogP contribution in [0.4, 0.5) is 0 Å². The minimum absolute atomic E-state index is 0.0388. The van der Waals surface area contributed by atoms with Gasteiger partial charge in [0, 0.05) is 11.8 Å². The van der Waals surface area contributed by atoms with Crippen molar-refractivity contribution in [1.82, 2.24) is 0 Å². The minimum atomic E-state index is -0.0388. The van der Waals surface area contributed by atoms with Gasteiger partial charge in [-0.05, 0) is 31.3 Å². The Hall–Kier alpha value is -1.43. The average molecular weight is 216 g/mol. The molecule has 0 aromatic carbocycles. The van der Waals surface area contributed by atoms with E-state index in [9.17, 15) is 5.26 Å². The van der Waals surface area contributed by atoms with Gasteiger partial charge in [-0.1, -0.05) is 12.8 Å². The second kappa shape index (κ2) is 3.28. The highest BCUT2D eigenvalue weighted by molar-refractivity contribution is 5.46. The molecule has 16 heavy (non-hydrogen) atoms. The van der Waals surface area contributed by atoms with Crippen LogP contribution in [0.5, 0.6) is 0 Å². The summed E-state index contributed by atoms with van der Waals surface area (Å²) in [6, 6.07) is 2.29. The highest BCUT2D eigenvalue weighted by Crippen LogP contribution is 2.57. The highest BCUT2D eigenvalue weighted by atomic mass is 16.5. The molecule has 2 N–H and O–H groups in total. The van der Waals surface area contributed by atoms with Crippen LogP contribution < -0.4 is 5.73 Å². The predicted octanol–water partition coefficient (Wildman–Crippen LogP) is 2.71. The Labute approximate surface area is 95.6 Å². The maximum Gasteiger partial charge on any atom is 0.205 e. The molecule has 1 saturated carbocycles. The number of nitriles is 1. The maximum atomic E-state index is 9.32. The summed E-state index contributed by atoms with van der Waals surface area (Å²) in [6.45, 7) is 0. The zero-order valence-electron chi connectivity index (χ0n) is 9.38. The van der Waals surface area contributed by atoms with E-state index in [4.69, 9.17) is 10.5 Å². The molecule has 0 aromatic rings. The van der Waals surface area contributed by atoms with Crippen molar-refractivity contribution in [2.24, 2.45) is 11.1 Å². The third-order valence-electron chi connectivity index (χ3n) is 4.27. The summed E-state index contributed by atoms with van der Waals surface area (Å²) in [5.41, 5.74) is 7.95. The first kappa shape index (κ1) is 9.77. The quantitative estimate of drug-likeness (QED) is 0.677. The maximum absolute atomic E-state index is 9.32. The molecule has 3 heteroatoms. The molecule has 84 valence electrons. The van der Waals surface area contributed by atoms with Crippen LogP contribution in [-0.4, -0.2) is 0 Å². The van der Waals surface area contributed by atoms with Gasteiger partial charge >= 0.3 is 0 Å². The Kier molecular flexibility index (Phi) is 2.00. The van der Waals surface area contributed by atoms with E-state index in [1.807, 2.05) is 0 Å². The molecule has 0 atom stereocenters. The van der Waals surface area contributed by atoms with Crippen molar-refractivity contribution in [3.05, 3.63) is 22.8 Å². The third kappa shape index (κ3) is 1.07. The van der Waals surface area contributed by atoms with Crippen LogP contribution >= 0.6 is 0 Å². The van der Waals surface area contributed by atoms with Gasteiger partial charge in [-0.3, -0.25) is 0 Å². The van der Waals surface area contributed by atoms with Crippen LogP contribution in [0.2, 0.25) is 0 Å². The zero-order chi connectivity index (χ0) is 11.2. The molecule has 0 unspecified atom stereocenters. The lowest BCUT2D eigenvalue weighted by atomic mass is 9.71. The fraction of sp³-hybridized carbons (Fsp3) is 0.615. The molecule has 1 heterocycles. The second-order valence-electron chi connectivity index (χ2n) is 5.00. The van der Waals surface area contributed by atoms with Crippen molar-refractivity contribution < 1.29 is 4.74 Å². The molecule has 1 spiro atoms. The van der Waals surface area contributed by atoms with Crippen molar-refractivity contribution in [2.45, 2.75) is 44.9 Å². The molecule has 1 fully saturated rings. The predicted molar refractivity (Wildman–Crippen MR) is 59.7 cm³/mol. The van der Waals surface area contributed by atoms with Crippen LogP contribution in [-0.2, 0) is 4.74 Å². The number of ether oxygens (including phenoxy) is 1. The Morgan fingerprint density at radius 2 is 1.94 bits per heavy atom. The van der Waals surface area contributed by atoms with Crippen LogP contribution in [0.25, 0.3) is 0 Å². The van der Waals surface area contributed by atoms with Gasteiger partial charge in [0.2, 0.25) is 5.88 Å².